The number of ether oxygens (including phenoxy) is 1. The molecule has 1 aliphatic heterocycles. The van der Waals surface area contributed by atoms with E-state index >= 15 is 4.39 Å². The van der Waals surface area contributed by atoms with Crippen LogP contribution in [0.1, 0.15) is 31.5 Å². The van der Waals surface area contributed by atoms with Crippen molar-refractivity contribution in [3.8, 4) is 11.3 Å². The Kier molecular flexibility index (Phi) is 5.52. The first-order chi connectivity index (χ1) is 16.2. The minimum Gasteiger partial charge on any atom is -0.381 e. The molecular weight excluding hydrogens is 457 g/mol. The third-order valence-electron chi connectivity index (χ3n) is 6.77. The zero-order valence-corrected chi connectivity index (χ0v) is 20.1. The molecule has 0 radical (unpaired) electrons. The van der Waals surface area contributed by atoms with Crippen molar-refractivity contribution in [1.29, 1.82) is 0 Å². The van der Waals surface area contributed by atoms with Gasteiger partial charge in [-0.3, -0.25) is 4.98 Å². The Balaban J connectivity index is 1.89. The molecule has 0 N–H and O–H groups in total. The SMILES string of the molecule is C=Cc1nnn(C)c1-c1cnc2c3c(F)ccc(S(C)(=O)=O)c3n([C@H](C)C3CCOCC3)c2c1. The zero-order chi connectivity index (χ0) is 24.2. The Morgan fingerprint density at radius 2 is 2.03 bits per heavy atom. The lowest BCUT2D eigenvalue weighted by Crippen LogP contribution is -2.24. The number of hydrogen-bond donors (Lipinski definition) is 0. The highest BCUT2D eigenvalue weighted by Gasteiger charge is 2.30. The second kappa shape index (κ2) is 8.28. The van der Waals surface area contributed by atoms with Crippen LogP contribution in [0.4, 0.5) is 4.39 Å². The fourth-order valence-electron chi connectivity index (χ4n) is 5.07. The van der Waals surface area contributed by atoms with E-state index in [-0.39, 0.29) is 22.2 Å². The number of rotatable bonds is 5. The van der Waals surface area contributed by atoms with E-state index in [9.17, 15) is 8.42 Å². The van der Waals surface area contributed by atoms with Crippen LogP contribution < -0.4 is 0 Å². The Morgan fingerprint density at radius 1 is 1.29 bits per heavy atom. The lowest BCUT2D eigenvalue weighted by Gasteiger charge is -2.30. The summed E-state index contributed by atoms with van der Waals surface area (Å²) >= 11 is 0. The molecule has 3 aromatic heterocycles. The molecule has 0 amide bonds. The predicted octanol–water partition coefficient (Wildman–Crippen LogP) is 4.16. The highest BCUT2D eigenvalue weighted by atomic mass is 32.2. The van der Waals surface area contributed by atoms with Gasteiger partial charge in [-0.15, -0.1) is 5.10 Å². The van der Waals surface area contributed by atoms with E-state index in [0.717, 1.165) is 30.4 Å². The fraction of sp³-hybridized carbons (Fsp3) is 0.375. The fourth-order valence-corrected chi connectivity index (χ4v) is 5.93. The molecule has 8 nitrogen and oxygen atoms in total. The second-order valence-corrected chi connectivity index (χ2v) is 10.8. The topological polar surface area (TPSA) is 91.9 Å². The summed E-state index contributed by atoms with van der Waals surface area (Å²) < 4.78 is 49.9. The van der Waals surface area contributed by atoms with Gasteiger partial charge in [0.25, 0.3) is 0 Å². The van der Waals surface area contributed by atoms with E-state index in [2.05, 4.69) is 28.8 Å². The number of nitrogens with zero attached hydrogens (tertiary/aromatic N) is 5. The van der Waals surface area contributed by atoms with Gasteiger partial charge in [-0.25, -0.2) is 17.5 Å². The summed E-state index contributed by atoms with van der Waals surface area (Å²) in [7, 11) is -1.85. The largest absolute Gasteiger partial charge is 0.381 e. The van der Waals surface area contributed by atoms with Crippen molar-refractivity contribution in [2.24, 2.45) is 13.0 Å². The molecule has 4 heterocycles. The van der Waals surface area contributed by atoms with E-state index in [1.165, 1.54) is 12.1 Å². The quantitative estimate of drug-likeness (QED) is 0.396. The van der Waals surface area contributed by atoms with Gasteiger partial charge in [0.05, 0.1) is 32.5 Å². The van der Waals surface area contributed by atoms with Crippen molar-refractivity contribution in [1.82, 2.24) is 24.5 Å². The summed E-state index contributed by atoms with van der Waals surface area (Å²) in [4.78, 5) is 4.72. The van der Waals surface area contributed by atoms with Gasteiger partial charge in [0, 0.05) is 44.3 Å². The monoisotopic (exact) mass is 483 g/mol. The van der Waals surface area contributed by atoms with Gasteiger partial charge in [-0.05, 0) is 50.0 Å². The molecule has 1 atom stereocenters. The second-order valence-electron chi connectivity index (χ2n) is 8.84. The maximum Gasteiger partial charge on any atom is 0.177 e. The predicted molar refractivity (Wildman–Crippen MR) is 129 cm³/mol. The molecule has 1 saturated heterocycles. The van der Waals surface area contributed by atoms with Gasteiger partial charge in [0.2, 0.25) is 0 Å². The smallest absolute Gasteiger partial charge is 0.177 e. The van der Waals surface area contributed by atoms with Gasteiger partial charge in [-0.2, -0.15) is 0 Å². The number of aromatic nitrogens is 5. The molecule has 1 aliphatic rings. The Bertz CT molecular complexity index is 1530. The first-order valence-electron chi connectivity index (χ1n) is 11.1. The molecule has 178 valence electrons. The number of sulfone groups is 1. The molecule has 0 unspecified atom stereocenters. The van der Waals surface area contributed by atoms with Crippen LogP contribution in [0.2, 0.25) is 0 Å². The number of aryl methyl sites for hydroxylation is 1. The van der Waals surface area contributed by atoms with E-state index in [1.807, 2.05) is 10.6 Å². The molecule has 4 aromatic rings. The van der Waals surface area contributed by atoms with E-state index in [4.69, 9.17) is 4.74 Å². The minimum atomic E-state index is -3.63. The first kappa shape index (κ1) is 22.7. The molecule has 5 rings (SSSR count). The van der Waals surface area contributed by atoms with Crippen LogP contribution in [0.5, 0.6) is 0 Å². The van der Waals surface area contributed by atoms with E-state index < -0.39 is 15.7 Å². The molecular formula is C24H26FN5O3S. The average Bonchev–Trinajstić information content (AvgIpc) is 3.36. The number of benzene rings is 1. The van der Waals surface area contributed by atoms with Crippen molar-refractivity contribution in [3.63, 3.8) is 0 Å². The van der Waals surface area contributed by atoms with Crippen LogP contribution in [0, 0.1) is 11.7 Å². The van der Waals surface area contributed by atoms with Gasteiger partial charge in [0.1, 0.15) is 11.5 Å². The number of pyridine rings is 1. The van der Waals surface area contributed by atoms with Crippen LogP contribution in [-0.2, 0) is 21.6 Å². The average molecular weight is 484 g/mol. The minimum absolute atomic E-state index is 0.0938. The Morgan fingerprint density at radius 3 is 2.71 bits per heavy atom. The summed E-state index contributed by atoms with van der Waals surface area (Å²) in [6.07, 6.45) is 6.09. The molecule has 1 aromatic carbocycles. The Hall–Kier alpha value is -3.11. The van der Waals surface area contributed by atoms with Crippen molar-refractivity contribution in [3.05, 3.63) is 42.5 Å². The lowest BCUT2D eigenvalue weighted by molar-refractivity contribution is 0.0524. The molecule has 1 fully saturated rings. The first-order valence-corrected chi connectivity index (χ1v) is 13.0. The maximum atomic E-state index is 15.3. The van der Waals surface area contributed by atoms with E-state index in [0.29, 0.717) is 35.5 Å². The molecule has 34 heavy (non-hydrogen) atoms. The van der Waals surface area contributed by atoms with Crippen LogP contribution in [0.25, 0.3) is 39.3 Å². The van der Waals surface area contributed by atoms with E-state index in [1.54, 1.807) is 24.0 Å². The summed E-state index contributed by atoms with van der Waals surface area (Å²) in [5.74, 6) is -0.256. The van der Waals surface area contributed by atoms with Gasteiger partial charge in [-0.1, -0.05) is 11.8 Å². The van der Waals surface area contributed by atoms with Crippen LogP contribution in [-0.4, -0.2) is 52.4 Å². The zero-order valence-electron chi connectivity index (χ0n) is 19.3. The van der Waals surface area contributed by atoms with Crippen LogP contribution in [0.15, 0.2) is 35.9 Å². The summed E-state index contributed by atoms with van der Waals surface area (Å²) in [6, 6.07) is 4.36. The van der Waals surface area contributed by atoms with Gasteiger partial charge >= 0.3 is 0 Å². The van der Waals surface area contributed by atoms with Crippen molar-refractivity contribution >= 4 is 37.8 Å². The van der Waals surface area contributed by atoms with Crippen molar-refractivity contribution in [2.45, 2.75) is 30.7 Å². The van der Waals surface area contributed by atoms with Crippen LogP contribution >= 0.6 is 0 Å². The summed E-state index contributed by atoms with van der Waals surface area (Å²) in [5.41, 5.74) is 3.51. The van der Waals surface area contributed by atoms with Crippen molar-refractivity contribution in [2.75, 3.05) is 19.5 Å². The molecule has 0 aliphatic carbocycles. The summed E-state index contributed by atoms with van der Waals surface area (Å²) in [6.45, 7) is 7.16. The maximum absolute atomic E-state index is 15.3. The number of halogens is 1. The highest BCUT2D eigenvalue weighted by Crippen LogP contribution is 2.41. The lowest BCUT2D eigenvalue weighted by atomic mass is 9.92. The van der Waals surface area contributed by atoms with Crippen molar-refractivity contribution < 1.29 is 17.5 Å². The third-order valence-corrected chi connectivity index (χ3v) is 7.90. The highest BCUT2D eigenvalue weighted by molar-refractivity contribution is 7.91. The number of fused-ring (bicyclic) bond motifs is 3. The Labute approximate surface area is 197 Å². The standard InChI is InChI=1S/C24H26FN5O3S/c1-5-18-23(29(3)28-27-18)16-12-19-22(26-13-16)21-17(25)6-7-20(34(4,31)32)24(21)30(19)14(2)15-8-10-33-11-9-15/h5-7,12-15H,1,8-11H2,2-4H3/t14-/m1/s1. The van der Waals surface area contributed by atoms with Gasteiger partial charge < -0.3 is 9.30 Å². The summed E-state index contributed by atoms with van der Waals surface area (Å²) in [5, 5.41) is 8.44. The molecule has 0 spiro atoms. The van der Waals surface area contributed by atoms with Gasteiger partial charge in [0.15, 0.2) is 9.84 Å². The molecule has 0 saturated carbocycles. The van der Waals surface area contributed by atoms with Crippen LogP contribution in [0.3, 0.4) is 0 Å². The number of hydrogen-bond acceptors (Lipinski definition) is 6. The third kappa shape index (κ3) is 3.52. The normalized spacial score (nSPS) is 16.4. The molecule has 10 heteroatoms. The molecule has 0 bridgehead atoms.